The highest BCUT2D eigenvalue weighted by atomic mass is 32.2. The van der Waals surface area contributed by atoms with Crippen molar-refractivity contribution >= 4 is 33.6 Å². The molecule has 124 valence electrons. The molecular weight excluding hydrogens is 336 g/mol. The van der Waals surface area contributed by atoms with E-state index in [1.165, 1.54) is 21.6 Å². The van der Waals surface area contributed by atoms with Crippen LogP contribution in [0.25, 0.3) is 44.2 Å². The number of aromatic nitrogens is 2. The van der Waals surface area contributed by atoms with Gasteiger partial charge in [0.1, 0.15) is 0 Å². The zero-order valence-corrected chi connectivity index (χ0v) is 15.1. The molecule has 0 fully saturated rings. The molecule has 2 aliphatic rings. The summed E-state index contributed by atoms with van der Waals surface area (Å²) in [5.74, 6) is 0. The van der Waals surface area contributed by atoms with Crippen LogP contribution in [0.3, 0.4) is 0 Å². The van der Waals surface area contributed by atoms with Crippen molar-refractivity contribution in [2.45, 2.75) is 4.90 Å². The molecule has 0 unspecified atom stereocenters. The van der Waals surface area contributed by atoms with Crippen molar-refractivity contribution < 1.29 is 0 Å². The van der Waals surface area contributed by atoms with Crippen LogP contribution >= 0.6 is 11.8 Å². The predicted molar refractivity (Wildman–Crippen MR) is 111 cm³/mol. The molecule has 3 aromatic rings. The lowest BCUT2D eigenvalue weighted by atomic mass is 10.0. The second kappa shape index (κ2) is 6.11. The van der Waals surface area contributed by atoms with Gasteiger partial charge in [0.2, 0.25) is 0 Å². The van der Waals surface area contributed by atoms with E-state index >= 15 is 0 Å². The summed E-state index contributed by atoms with van der Waals surface area (Å²) in [5.41, 5.74) is 6.59. The van der Waals surface area contributed by atoms with Crippen molar-refractivity contribution in [2.75, 3.05) is 6.26 Å². The number of hydrogen-bond acceptors (Lipinski definition) is 3. The zero-order valence-electron chi connectivity index (χ0n) is 14.3. The molecule has 0 radical (unpaired) electrons. The van der Waals surface area contributed by atoms with Gasteiger partial charge in [-0.2, -0.15) is 0 Å². The van der Waals surface area contributed by atoms with E-state index < -0.39 is 0 Å². The highest BCUT2D eigenvalue weighted by Gasteiger charge is 2.17. The van der Waals surface area contributed by atoms with Gasteiger partial charge >= 0.3 is 0 Å². The summed E-state index contributed by atoms with van der Waals surface area (Å²) in [5, 5.41) is 2.24. The zero-order chi connectivity index (χ0) is 17.5. The average molecular weight is 352 g/mol. The average Bonchev–Trinajstić information content (AvgIpc) is 2.87. The minimum absolute atomic E-state index is 0.957. The van der Waals surface area contributed by atoms with Crippen molar-refractivity contribution in [1.29, 1.82) is 0 Å². The molecule has 0 N–H and O–H groups in total. The molecule has 3 heteroatoms. The highest BCUT2D eigenvalue weighted by molar-refractivity contribution is 7.98. The second-order valence-corrected chi connectivity index (χ2v) is 7.12. The topological polar surface area (TPSA) is 25.8 Å². The Bertz CT molecular complexity index is 1230. The first-order valence-electron chi connectivity index (χ1n) is 8.56. The number of nitrogens with zero attached hydrogens (tertiary/aromatic N) is 2. The van der Waals surface area contributed by atoms with Gasteiger partial charge in [0, 0.05) is 27.4 Å². The summed E-state index contributed by atoms with van der Waals surface area (Å²) >= 11 is 1.78. The summed E-state index contributed by atoms with van der Waals surface area (Å²) in [6, 6.07) is 25.4. The summed E-state index contributed by atoms with van der Waals surface area (Å²) < 4.78 is 0. The Labute approximate surface area is 156 Å². The first-order chi connectivity index (χ1) is 12.8. The lowest BCUT2D eigenvalue weighted by Crippen LogP contribution is -1.88. The molecule has 26 heavy (non-hydrogen) atoms. The van der Waals surface area contributed by atoms with E-state index in [1.807, 2.05) is 12.3 Å². The molecule has 2 aromatic heterocycles. The number of rotatable bonds is 2. The largest absolute Gasteiger partial charge is 0.254 e. The fourth-order valence-corrected chi connectivity index (χ4v) is 4.17. The molecular formula is C23H16N2S. The van der Waals surface area contributed by atoms with Gasteiger partial charge in [-0.05, 0) is 35.6 Å². The summed E-state index contributed by atoms with van der Waals surface area (Å²) in [6.45, 7) is 0. The van der Waals surface area contributed by atoms with Gasteiger partial charge < -0.3 is 0 Å². The van der Waals surface area contributed by atoms with E-state index in [0.29, 0.717) is 0 Å². The van der Waals surface area contributed by atoms with Crippen LogP contribution in [-0.2, 0) is 0 Å². The number of hydrogen-bond donors (Lipinski definition) is 0. The molecule has 0 saturated carbocycles. The molecule has 0 spiro atoms. The van der Waals surface area contributed by atoms with E-state index in [0.717, 1.165) is 27.5 Å². The lowest BCUT2D eigenvalue weighted by Gasteiger charge is -2.06. The Balaban J connectivity index is 1.81. The lowest BCUT2D eigenvalue weighted by molar-refractivity contribution is 1.37. The molecule has 0 amide bonds. The summed E-state index contributed by atoms with van der Waals surface area (Å²) in [6.07, 6.45) is 3.96. The molecule has 1 aromatic carbocycles. The first kappa shape index (κ1) is 15.4. The quantitative estimate of drug-likeness (QED) is 0.276. The highest BCUT2D eigenvalue weighted by Crippen LogP contribution is 2.42. The van der Waals surface area contributed by atoms with Gasteiger partial charge in [-0.1, -0.05) is 54.6 Å². The molecule has 0 bridgehead atoms. The number of pyridine rings is 2. The Kier molecular flexibility index (Phi) is 3.61. The van der Waals surface area contributed by atoms with E-state index in [1.54, 1.807) is 11.8 Å². The van der Waals surface area contributed by atoms with Crippen LogP contribution in [-0.4, -0.2) is 16.2 Å². The predicted octanol–water partition coefficient (Wildman–Crippen LogP) is 6.28. The first-order valence-corrected chi connectivity index (χ1v) is 9.78. The van der Waals surface area contributed by atoms with Crippen LogP contribution in [0.5, 0.6) is 0 Å². The van der Waals surface area contributed by atoms with E-state index in [-0.39, 0.29) is 0 Å². The molecule has 5 rings (SSSR count). The SMILES string of the molecule is CSc1cc(-c2ccc3ccc4cccnc4c3n2)c2cccccc1-2. The van der Waals surface area contributed by atoms with Gasteiger partial charge in [-0.3, -0.25) is 4.98 Å². The fourth-order valence-electron chi connectivity index (χ4n) is 3.54. The third-order valence-corrected chi connectivity index (χ3v) is 5.57. The Hall–Kier alpha value is -2.91. The van der Waals surface area contributed by atoms with Crippen LogP contribution in [0.2, 0.25) is 0 Å². The van der Waals surface area contributed by atoms with Crippen molar-refractivity contribution in [2.24, 2.45) is 0 Å². The van der Waals surface area contributed by atoms with Gasteiger partial charge in [-0.15, -0.1) is 11.8 Å². The fraction of sp³-hybridized carbons (Fsp3) is 0.0435. The normalized spacial score (nSPS) is 11.4. The minimum Gasteiger partial charge on any atom is -0.254 e. The Morgan fingerprint density at radius 2 is 1.46 bits per heavy atom. The van der Waals surface area contributed by atoms with Crippen molar-refractivity contribution in [3.05, 3.63) is 79.0 Å². The number of thioether (sulfide) groups is 1. The molecule has 2 nitrogen and oxygen atoms in total. The van der Waals surface area contributed by atoms with Crippen LogP contribution in [0, 0.1) is 0 Å². The monoisotopic (exact) mass is 352 g/mol. The maximum Gasteiger partial charge on any atom is 0.0972 e. The number of fused-ring (bicyclic) bond motifs is 4. The number of benzene rings is 1. The standard InChI is InChI=1S/C23H16N2S/c1-26-21-14-19(17-7-3-2-4-8-18(17)21)20-12-11-16-10-9-15-6-5-13-24-22(15)23(16)25-20/h2-14H,1H3. The van der Waals surface area contributed by atoms with Crippen LogP contribution < -0.4 is 0 Å². The van der Waals surface area contributed by atoms with E-state index in [4.69, 9.17) is 4.98 Å². The molecule has 2 heterocycles. The molecule has 0 saturated heterocycles. The Morgan fingerprint density at radius 3 is 2.31 bits per heavy atom. The van der Waals surface area contributed by atoms with E-state index in [2.05, 4.69) is 78.0 Å². The van der Waals surface area contributed by atoms with Crippen LogP contribution in [0.15, 0.2) is 83.9 Å². The Morgan fingerprint density at radius 1 is 0.692 bits per heavy atom. The molecule has 0 atom stereocenters. The van der Waals surface area contributed by atoms with Crippen molar-refractivity contribution in [3.63, 3.8) is 0 Å². The van der Waals surface area contributed by atoms with Crippen molar-refractivity contribution in [1.82, 2.24) is 9.97 Å². The smallest absolute Gasteiger partial charge is 0.0972 e. The summed E-state index contributed by atoms with van der Waals surface area (Å²) in [7, 11) is 0. The van der Waals surface area contributed by atoms with Crippen LogP contribution in [0.4, 0.5) is 0 Å². The van der Waals surface area contributed by atoms with Gasteiger partial charge in [0.25, 0.3) is 0 Å². The van der Waals surface area contributed by atoms with E-state index in [9.17, 15) is 0 Å². The van der Waals surface area contributed by atoms with Gasteiger partial charge in [0.05, 0.1) is 16.7 Å². The molecule has 2 aliphatic carbocycles. The van der Waals surface area contributed by atoms with Gasteiger partial charge in [-0.25, -0.2) is 4.98 Å². The maximum atomic E-state index is 5.02. The minimum atomic E-state index is 0.957. The maximum absolute atomic E-state index is 5.02. The third kappa shape index (κ3) is 2.36. The molecule has 0 aliphatic heterocycles. The van der Waals surface area contributed by atoms with Gasteiger partial charge in [0.15, 0.2) is 0 Å². The third-order valence-electron chi connectivity index (χ3n) is 4.80. The van der Waals surface area contributed by atoms with Crippen LogP contribution in [0.1, 0.15) is 0 Å². The van der Waals surface area contributed by atoms with Crippen molar-refractivity contribution in [3.8, 4) is 22.4 Å². The second-order valence-electron chi connectivity index (χ2n) is 6.27. The summed E-state index contributed by atoms with van der Waals surface area (Å²) in [4.78, 5) is 10.9.